The number of hydrogen-bond acceptors (Lipinski definition) is 4. The largest absolute Gasteiger partial charge is 0.354 e. The number of likely N-dealkylation sites (N-methyl/N-ethyl adjacent to an activating group) is 1. The van der Waals surface area contributed by atoms with Gasteiger partial charge in [0.2, 0.25) is 0 Å². The van der Waals surface area contributed by atoms with Gasteiger partial charge in [-0.15, -0.1) is 0 Å². The molecule has 1 aliphatic rings. The van der Waals surface area contributed by atoms with E-state index in [1.165, 1.54) is 12.0 Å². The van der Waals surface area contributed by atoms with E-state index in [2.05, 4.69) is 53.1 Å². The molecule has 2 rings (SSSR count). The highest BCUT2D eigenvalue weighted by molar-refractivity contribution is 5.41. The summed E-state index contributed by atoms with van der Waals surface area (Å²) in [6.45, 7) is 11.0. The molecule has 1 aliphatic heterocycles. The zero-order valence-corrected chi connectivity index (χ0v) is 13.1. The van der Waals surface area contributed by atoms with Crippen LogP contribution in [0.25, 0.3) is 0 Å². The minimum atomic E-state index is 0.765. The molecule has 0 radical (unpaired) electrons. The van der Waals surface area contributed by atoms with Crippen LogP contribution in [0, 0.1) is 5.92 Å². The molecule has 1 aromatic heterocycles. The Morgan fingerprint density at radius 3 is 2.70 bits per heavy atom. The van der Waals surface area contributed by atoms with E-state index in [4.69, 9.17) is 0 Å². The molecule has 112 valence electrons. The summed E-state index contributed by atoms with van der Waals surface area (Å²) >= 11 is 0. The minimum absolute atomic E-state index is 0.765. The maximum absolute atomic E-state index is 4.52. The fraction of sp³-hybridized carbons (Fsp3) is 0.688. The van der Waals surface area contributed by atoms with Crippen LogP contribution >= 0.6 is 0 Å². The summed E-state index contributed by atoms with van der Waals surface area (Å²) in [5, 5.41) is 3.52. The zero-order chi connectivity index (χ0) is 14.4. The van der Waals surface area contributed by atoms with E-state index in [0.717, 1.165) is 51.0 Å². The van der Waals surface area contributed by atoms with Crippen LogP contribution in [-0.2, 0) is 6.54 Å². The zero-order valence-electron chi connectivity index (χ0n) is 13.1. The van der Waals surface area contributed by atoms with Crippen LogP contribution in [-0.4, -0.2) is 49.7 Å². The molecule has 0 spiro atoms. The second-order valence-corrected chi connectivity index (χ2v) is 6.17. The summed E-state index contributed by atoms with van der Waals surface area (Å²) in [5.74, 6) is 1.89. The van der Waals surface area contributed by atoms with Gasteiger partial charge in [0.05, 0.1) is 0 Å². The van der Waals surface area contributed by atoms with E-state index in [1.54, 1.807) is 0 Å². The third-order valence-corrected chi connectivity index (χ3v) is 3.86. The van der Waals surface area contributed by atoms with Gasteiger partial charge >= 0.3 is 0 Å². The number of hydrogen-bond donors (Lipinski definition) is 1. The highest BCUT2D eigenvalue weighted by atomic mass is 15.3. The number of nitrogens with one attached hydrogen (secondary N) is 1. The fourth-order valence-corrected chi connectivity index (χ4v) is 2.40. The summed E-state index contributed by atoms with van der Waals surface area (Å²) in [4.78, 5) is 9.28. The van der Waals surface area contributed by atoms with Gasteiger partial charge in [-0.2, -0.15) is 0 Å². The van der Waals surface area contributed by atoms with Crippen LogP contribution < -0.4 is 10.2 Å². The first-order valence-electron chi connectivity index (χ1n) is 7.74. The van der Waals surface area contributed by atoms with Crippen molar-refractivity contribution in [3.63, 3.8) is 0 Å². The van der Waals surface area contributed by atoms with Gasteiger partial charge in [-0.25, -0.2) is 4.98 Å². The lowest BCUT2D eigenvalue weighted by atomic mass is 10.1. The van der Waals surface area contributed by atoms with Crippen molar-refractivity contribution in [1.82, 2.24) is 15.2 Å². The molecule has 4 heteroatoms. The summed E-state index contributed by atoms with van der Waals surface area (Å²) < 4.78 is 0. The predicted molar refractivity (Wildman–Crippen MR) is 85.1 cm³/mol. The molecule has 1 fully saturated rings. The van der Waals surface area contributed by atoms with E-state index < -0.39 is 0 Å². The van der Waals surface area contributed by atoms with E-state index >= 15 is 0 Å². The molecule has 1 aromatic rings. The molecule has 0 aliphatic carbocycles. The molecule has 1 N–H and O–H groups in total. The van der Waals surface area contributed by atoms with Gasteiger partial charge in [0.25, 0.3) is 0 Å². The first kappa shape index (κ1) is 15.3. The Balaban J connectivity index is 1.84. The minimum Gasteiger partial charge on any atom is -0.354 e. The topological polar surface area (TPSA) is 31.4 Å². The van der Waals surface area contributed by atoms with Crippen molar-refractivity contribution in [2.45, 2.75) is 26.8 Å². The van der Waals surface area contributed by atoms with E-state index in [9.17, 15) is 0 Å². The third kappa shape index (κ3) is 4.76. The molecule has 20 heavy (non-hydrogen) atoms. The van der Waals surface area contributed by atoms with Crippen LogP contribution in [0.4, 0.5) is 5.82 Å². The van der Waals surface area contributed by atoms with E-state index in [-0.39, 0.29) is 0 Å². The van der Waals surface area contributed by atoms with Gasteiger partial charge in [-0.1, -0.05) is 13.8 Å². The average Bonchev–Trinajstić information content (AvgIpc) is 2.44. The number of nitrogens with zero attached hydrogens (tertiary/aromatic N) is 3. The molecule has 0 bridgehead atoms. The van der Waals surface area contributed by atoms with E-state index in [1.807, 2.05) is 6.20 Å². The Kier molecular flexibility index (Phi) is 5.80. The Bertz CT molecular complexity index is 397. The lowest BCUT2D eigenvalue weighted by Gasteiger charge is -2.33. The second-order valence-electron chi connectivity index (χ2n) is 6.17. The van der Waals surface area contributed by atoms with Gasteiger partial charge in [-0.3, -0.25) is 0 Å². The molecule has 0 unspecified atom stereocenters. The standard InChI is InChI=1S/C16H28N4/c1-14(2)4-6-17-13-15-5-7-18-16(12-15)20-10-8-19(3)9-11-20/h5,7,12,14,17H,4,6,8-11,13H2,1-3H3. The molecular weight excluding hydrogens is 248 g/mol. The van der Waals surface area contributed by atoms with Crippen LogP contribution in [0.5, 0.6) is 0 Å². The quantitative estimate of drug-likeness (QED) is 0.805. The van der Waals surface area contributed by atoms with Crippen LogP contribution in [0.15, 0.2) is 18.3 Å². The maximum Gasteiger partial charge on any atom is 0.128 e. The van der Waals surface area contributed by atoms with Crippen molar-refractivity contribution in [1.29, 1.82) is 0 Å². The molecule has 0 aromatic carbocycles. The summed E-state index contributed by atoms with van der Waals surface area (Å²) in [5.41, 5.74) is 1.33. The highest BCUT2D eigenvalue weighted by Crippen LogP contribution is 2.14. The summed E-state index contributed by atoms with van der Waals surface area (Å²) in [6, 6.07) is 4.34. The summed E-state index contributed by atoms with van der Waals surface area (Å²) in [6.07, 6.45) is 3.17. The maximum atomic E-state index is 4.52. The first-order chi connectivity index (χ1) is 9.65. The van der Waals surface area contributed by atoms with Gasteiger partial charge < -0.3 is 15.1 Å². The SMILES string of the molecule is CC(C)CCNCc1ccnc(N2CCN(C)CC2)c1. The average molecular weight is 276 g/mol. The number of aromatic nitrogens is 1. The Morgan fingerprint density at radius 1 is 1.25 bits per heavy atom. The van der Waals surface area contributed by atoms with Crippen molar-refractivity contribution in [3.05, 3.63) is 23.9 Å². The molecular formula is C16H28N4. The second kappa shape index (κ2) is 7.60. The van der Waals surface area contributed by atoms with Crippen LogP contribution in [0.3, 0.4) is 0 Å². The Hall–Kier alpha value is -1.13. The molecule has 4 nitrogen and oxygen atoms in total. The lowest BCUT2D eigenvalue weighted by molar-refractivity contribution is 0.312. The number of anilines is 1. The lowest BCUT2D eigenvalue weighted by Crippen LogP contribution is -2.44. The van der Waals surface area contributed by atoms with E-state index in [0.29, 0.717) is 0 Å². The molecule has 1 saturated heterocycles. The van der Waals surface area contributed by atoms with Gasteiger partial charge in [0.15, 0.2) is 0 Å². The normalized spacial score (nSPS) is 16.9. The number of rotatable bonds is 6. The van der Waals surface area contributed by atoms with Gasteiger partial charge in [0, 0.05) is 38.9 Å². The number of pyridine rings is 1. The molecule has 0 saturated carbocycles. The third-order valence-electron chi connectivity index (χ3n) is 3.86. The fourth-order valence-electron chi connectivity index (χ4n) is 2.40. The Labute approximate surface area is 123 Å². The smallest absolute Gasteiger partial charge is 0.128 e. The molecule has 2 heterocycles. The van der Waals surface area contributed by atoms with Crippen molar-refractivity contribution >= 4 is 5.82 Å². The monoisotopic (exact) mass is 276 g/mol. The van der Waals surface area contributed by atoms with Crippen molar-refractivity contribution in [2.75, 3.05) is 44.7 Å². The van der Waals surface area contributed by atoms with Crippen molar-refractivity contribution < 1.29 is 0 Å². The Morgan fingerprint density at radius 2 is 2.00 bits per heavy atom. The van der Waals surface area contributed by atoms with Crippen LogP contribution in [0.2, 0.25) is 0 Å². The molecule has 0 atom stereocenters. The molecule has 0 amide bonds. The van der Waals surface area contributed by atoms with Gasteiger partial charge in [-0.05, 0) is 43.6 Å². The van der Waals surface area contributed by atoms with Crippen LogP contribution in [0.1, 0.15) is 25.8 Å². The van der Waals surface area contributed by atoms with Gasteiger partial charge in [0.1, 0.15) is 5.82 Å². The van der Waals surface area contributed by atoms with Crippen molar-refractivity contribution in [3.8, 4) is 0 Å². The summed E-state index contributed by atoms with van der Waals surface area (Å²) in [7, 11) is 2.18. The highest BCUT2D eigenvalue weighted by Gasteiger charge is 2.15. The van der Waals surface area contributed by atoms with Crippen molar-refractivity contribution in [2.24, 2.45) is 5.92 Å². The number of piperazine rings is 1. The first-order valence-corrected chi connectivity index (χ1v) is 7.74. The predicted octanol–water partition coefficient (Wildman–Crippen LogP) is 1.97.